The number of ether oxygens (including phenoxy) is 16. The summed E-state index contributed by atoms with van der Waals surface area (Å²) in [5.41, 5.74) is 7.42. The second kappa shape index (κ2) is 46.8. The molecule has 0 N–H and O–H groups in total. The maximum atomic E-state index is 6.75. The van der Waals surface area contributed by atoms with Crippen molar-refractivity contribution in [3.63, 3.8) is 0 Å². The second-order valence-corrected chi connectivity index (χ2v) is 18.0. The summed E-state index contributed by atoms with van der Waals surface area (Å²) in [6.07, 6.45) is 0. The quantitative estimate of drug-likeness (QED) is 0.0388. The zero-order chi connectivity index (χ0) is 55.0. The van der Waals surface area contributed by atoms with E-state index in [1.54, 1.807) is 0 Å². The van der Waals surface area contributed by atoms with E-state index < -0.39 is 0 Å². The molecule has 3 atom stereocenters. The highest BCUT2D eigenvalue weighted by Crippen LogP contribution is 2.42. The zero-order valence-corrected chi connectivity index (χ0v) is 47.5. The molecular weight excluding hydrogens is 1000 g/mol. The first kappa shape index (κ1) is 66.6. The number of hydrogen-bond acceptors (Lipinski definition) is 16. The first-order valence-electron chi connectivity index (χ1n) is 28.2. The smallest absolute Gasteiger partial charge is 0.127 e. The number of hydrogen-bond donors (Lipinski definition) is 0. The molecule has 438 valence electrons. The van der Waals surface area contributed by atoms with Gasteiger partial charge in [-0.15, -0.1) is 0 Å². The monoisotopic (exact) mass is 1090 g/mol. The molecule has 0 heterocycles. The van der Waals surface area contributed by atoms with Crippen molar-refractivity contribution >= 4 is 0 Å². The minimum Gasteiger partial charge on any atom is -0.491 e. The van der Waals surface area contributed by atoms with E-state index in [4.69, 9.17) is 75.8 Å². The van der Waals surface area contributed by atoms with Gasteiger partial charge in [0.2, 0.25) is 0 Å². The summed E-state index contributed by atoms with van der Waals surface area (Å²) in [6.45, 7) is 24.5. The molecule has 16 heteroatoms. The molecular formula is C62H94O16. The van der Waals surface area contributed by atoms with Gasteiger partial charge in [0.05, 0.1) is 192 Å². The molecule has 0 radical (unpaired) electrons. The Morgan fingerprint density at radius 1 is 0.244 bits per heavy atom. The van der Waals surface area contributed by atoms with E-state index in [2.05, 4.69) is 124 Å². The van der Waals surface area contributed by atoms with E-state index >= 15 is 0 Å². The number of rotatable bonds is 53. The van der Waals surface area contributed by atoms with Crippen LogP contribution in [0.2, 0.25) is 0 Å². The highest BCUT2D eigenvalue weighted by atomic mass is 16.6. The molecule has 4 rings (SSSR count). The minimum atomic E-state index is 0.120. The van der Waals surface area contributed by atoms with Gasteiger partial charge in [-0.05, 0) is 29.2 Å². The first-order valence-corrected chi connectivity index (χ1v) is 28.2. The topological polar surface area (TPSA) is 148 Å². The van der Waals surface area contributed by atoms with Gasteiger partial charge in [0.1, 0.15) is 12.4 Å². The highest BCUT2D eigenvalue weighted by molar-refractivity contribution is 5.54. The molecule has 0 fully saturated rings. The molecule has 0 aromatic heterocycles. The minimum absolute atomic E-state index is 0.120. The highest BCUT2D eigenvalue weighted by Gasteiger charge is 2.25. The first-order chi connectivity index (χ1) is 38.6. The van der Waals surface area contributed by atoms with Crippen molar-refractivity contribution in [1.29, 1.82) is 0 Å². The van der Waals surface area contributed by atoms with Crippen LogP contribution in [0.4, 0.5) is 0 Å². The van der Waals surface area contributed by atoms with Gasteiger partial charge in [0, 0.05) is 35.5 Å². The van der Waals surface area contributed by atoms with Crippen LogP contribution in [0.3, 0.4) is 0 Å². The van der Waals surface area contributed by atoms with Gasteiger partial charge < -0.3 is 75.8 Å². The molecule has 0 aliphatic rings. The van der Waals surface area contributed by atoms with Crippen molar-refractivity contribution in [3.8, 4) is 5.75 Å². The Kier molecular flexibility index (Phi) is 39.9. The fraction of sp³-hybridized carbons (Fsp3) is 0.613. The van der Waals surface area contributed by atoms with Crippen LogP contribution < -0.4 is 4.74 Å². The molecule has 0 aliphatic heterocycles. The largest absolute Gasteiger partial charge is 0.491 e. The Morgan fingerprint density at radius 2 is 0.449 bits per heavy atom. The van der Waals surface area contributed by atoms with Crippen molar-refractivity contribution in [2.24, 2.45) is 0 Å². The normalized spacial score (nSPS) is 12.8. The fourth-order valence-corrected chi connectivity index (χ4v) is 7.96. The lowest BCUT2D eigenvalue weighted by Gasteiger charge is -2.26. The summed E-state index contributed by atoms with van der Waals surface area (Å²) < 4.78 is 90.0. The van der Waals surface area contributed by atoms with Gasteiger partial charge in [-0.25, -0.2) is 0 Å². The van der Waals surface area contributed by atoms with Crippen LogP contribution in [0.1, 0.15) is 78.8 Å². The Morgan fingerprint density at radius 3 is 0.679 bits per heavy atom. The van der Waals surface area contributed by atoms with E-state index in [-0.39, 0.29) is 17.8 Å². The van der Waals surface area contributed by atoms with E-state index in [1.165, 1.54) is 33.4 Å². The third-order valence-electron chi connectivity index (χ3n) is 12.4. The van der Waals surface area contributed by atoms with E-state index in [9.17, 15) is 0 Å². The molecule has 0 aliphatic carbocycles. The molecule has 4 aromatic rings. The summed E-state index contributed by atoms with van der Waals surface area (Å²) in [4.78, 5) is 0. The summed E-state index contributed by atoms with van der Waals surface area (Å²) in [6, 6.07) is 36.8. The molecule has 0 saturated carbocycles. The van der Waals surface area contributed by atoms with Crippen LogP contribution in [-0.2, 0) is 71.1 Å². The third-order valence-corrected chi connectivity index (χ3v) is 12.4. The van der Waals surface area contributed by atoms with E-state index in [0.29, 0.717) is 205 Å². The Hall–Kier alpha value is -3.92. The predicted molar refractivity (Wildman–Crippen MR) is 302 cm³/mol. The molecule has 3 unspecified atom stereocenters. The van der Waals surface area contributed by atoms with Crippen LogP contribution in [0, 0.1) is 0 Å². The lowest BCUT2D eigenvalue weighted by molar-refractivity contribution is -0.0301. The zero-order valence-electron chi connectivity index (χ0n) is 47.5. The van der Waals surface area contributed by atoms with Crippen molar-refractivity contribution in [1.82, 2.24) is 0 Å². The fourth-order valence-electron chi connectivity index (χ4n) is 7.96. The van der Waals surface area contributed by atoms with E-state index in [1.807, 2.05) is 6.92 Å². The van der Waals surface area contributed by atoms with Gasteiger partial charge >= 0.3 is 0 Å². The average Bonchev–Trinajstić information content (AvgIpc) is 3.51. The SMILES string of the molecule is CCOCCOCCOCCOCCOCCOCCOCCOCCOCCOCCOCCOCCOCCOCCOCCOc1c(C(C)c2ccccc2)cc(C(C)c2ccccc2)cc1C(C)c1ccccc1. The Bertz CT molecular complexity index is 1880. The lowest BCUT2D eigenvalue weighted by atomic mass is 9.81. The van der Waals surface area contributed by atoms with Gasteiger partial charge in [0.25, 0.3) is 0 Å². The molecule has 16 nitrogen and oxygen atoms in total. The summed E-state index contributed by atoms with van der Waals surface area (Å²) in [7, 11) is 0. The van der Waals surface area contributed by atoms with Crippen LogP contribution in [-0.4, -0.2) is 205 Å². The summed E-state index contributed by atoms with van der Waals surface area (Å²) in [5.74, 6) is 1.39. The van der Waals surface area contributed by atoms with Crippen LogP contribution in [0.15, 0.2) is 103 Å². The van der Waals surface area contributed by atoms with Crippen molar-refractivity contribution < 1.29 is 75.8 Å². The Labute approximate surface area is 466 Å². The van der Waals surface area contributed by atoms with Gasteiger partial charge in [-0.3, -0.25) is 0 Å². The lowest BCUT2D eigenvalue weighted by Crippen LogP contribution is -2.16. The molecule has 4 aromatic carbocycles. The molecule has 0 saturated heterocycles. The summed E-state index contributed by atoms with van der Waals surface area (Å²) >= 11 is 0. The second-order valence-electron chi connectivity index (χ2n) is 18.0. The van der Waals surface area contributed by atoms with Crippen LogP contribution in [0.25, 0.3) is 0 Å². The van der Waals surface area contributed by atoms with Gasteiger partial charge in [-0.1, -0.05) is 124 Å². The van der Waals surface area contributed by atoms with Crippen LogP contribution in [0.5, 0.6) is 5.75 Å². The predicted octanol–water partition coefficient (Wildman–Crippen LogP) is 8.79. The van der Waals surface area contributed by atoms with Crippen LogP contribution >= 0.6 is 0 Å². The van der Waals surface area contributed by atoms with Crippen molar-refractivity contribution in [2.75, 3.05) is 205 Å². The Balaban J connectivity index is 0.894. The summed E-state index contributed by atoms with van der Waals surface area (Å²) in [5, 5.41) is 0. The van der Waals surface area contributed by atoms with E-state index in [0.717, 1.165) is 5.75 Å². The van der Waals surface area contributed by atoms with Gasteiger partial charge in [0.15, 0.2) is 0 Å². The molecule has 0 spiro atoms. The number of benzene rings is 4. The third kappa shape index (κ3) is 31.2. The maximum absolute atomic E-state index is 6.75. The molecule has 0 amide bonds. The molecule has 0 bridgehead atoms. The van der Waals surface area contributed by atoms with Crippen molar-refractivity contribution in [3.05, 3.63) is 137 Å². The average molecular weight is 1100 g/mol. The maximum Gasteiger partial charge on any atom is 0.127 e. The molecule has 78 heavy (non-hydrogen) atoms. The van der Waals surface area contributed by atoms with Gasteiger partial charge in [-0.2, -0.15) is 0 Å². The van der Waals surface area contributed by atoms with Crippen molar-refractivity contribution in [2.45, 2.75) is 45.4 Å². The standard InChI is InChI=1S/C62H94O16/c1-5-63-21-22-64-23-24-65-25-26-66-27-28-67-29-30-68-31-32-69-33-34-70-35-36-71-37-38-72-39-40-73-41-42-74-43-44-75-45-46-76-47-48-77-49-50-78-62-60(54(3)57-17-11-7-12-18-57)51-59(53(2)56-15-9-6-10-16-56)52-61(62)55(4)58-19-13-8-14-20-58/h6-20,51-55H,5,21-50H2,1-4H3.